The lowest BCUT2D eigenvalue weighted by Crippen LogP contribution is -2.41. The molecule has 0 bridgehead atoms. The van der Waals surface area contributed by atoms with Gasteiger partial charge in [0.15, 0.2) is 0 Å². The Morgan fingerprint density at radius 3 is 2.38 bits per heavy atom. The molecule has 0 saturated heterocycles. The molecule has 3 rings (SSSR count). The summed E-state index contributed by atoms with van der Waals surface area (Å²) in [6.07, 6.45) is 0.637. The number of carbonyl (C=O) groups excluding carboxylic acids is 1. The maximum atomic E-state index is 13.5. The number of nitrogens with zero attached hydrogens (tertiary/aromatic N) is 1. The fourth-order valence-corrected chi connectivity index (χ4v) is 4.76. The third kappa shape index (κ3) is 5.81. The molecule has 32 heavy (non-hydrogen) atoms. The van der Waals surface area contributed by atoms with Crippen LogP contribution in [0.2, 0.25) is 5.02 Å². The van der Waals surface area contributed by atoms with Crippen molar-refractivity contribution >= 4 is 33.2 Å². The summed E-state index contributed by atoms with van der Waals surface area (Å²) < 4.78 is 33.4. The van der Waals surface area contributed by atoms with Gasteiger partial charge in [-0.15, -0.1) is 0 Å². The largest absolute Gasteiger partial charge is 0.495 e. The van der Waals surface area contributed by atoms with Gasteiger partial charge in [-0.2, -0.15) is 0 Å². The summed E-state index contributed by atoms with van der Waals surface area (Å²) in [5.41, 5.74) is 2.20. The van der Waals surface area contributed by atoms with Crippen molar-refractivity contribution in [3.63, 3.8) is 0 Å². The van der Waals surface area contributed by atoms with Crippen LogP contribution < -0.4 is 14.4 Å². The van der Waals surface area contributed by atoms with E-state index in [0.29, 0.717) is 23.7 Å². The molecular weight excluding hydrogens is 448 g/mol. The molecule has 1 amide bonds. The number of benzene rings is 3. The third-order valence-electron chi connectivity index (χ3n) is 4.88. The van der Waals surface area contributed by atoms with Gasteiger partial charge in [-0.3, -0.25) is 9.10 Å². The molecule has 0 aliphatic carbocycles. The van der Waals surface area contributed by atoms with Crippen LogP contribution in [0.1, 0.15) is 11.1 Å². The first-order valence-electron chi connectivity index (χ1n) is 10.0. The molecule has 3 aromatic carbocycles. The van der Waals surface area contributed by atoms with Crippen molar-refractivity contribution in [2.45, 2.75) is 18.2 Å². The van der Waals surface area contributed by atoms with Gasteiger partial charge < -0.3 is 10.1 Å². The first-order chi connectivity index (χ1) is 15.3. The molecule has 0 atom stereocenters. The highest BCUT2D eigenvalue weighted by atomic mass is 35.5. The van der Waals surface area contributed by atoms with Gasteiger partial charge in [-0.25, -0.2) is 8.42 Å². The first-order valence-corrected chi connectivity index (χ1v) is 11.9. The Balaban J connectivity index is 1.88. The lowest BCUT2D eigenvalue weighted by molar-refractivity contribution is -0.119. The summed E-state index contributed by atoms with van der Waals surface area (Å²) in [6.45, 7) is 1.84. The Labute approximate surface area is 193 Å². The Kier molecular flexibility index (Phi) is 7.77. The fraction of sp³-hybridized carbons (Fsp3) is 0.208. The number of hydrogen-bond acceptors (Lipinski definition) is 4. The van der Waals surface area contributed by atoms with Gasteiger partial charge in [-0.05, 0) is 49.2 Å². The molecule has 0 heterocycles. The Morgan fingerprint density at radius 1 is 1.03 bits per heavy atom. The van der Waals surface area contributed by atoms with E-state index >= 15 is 0 Å². The van der Waals surface area contributed by atoms with Crippen LogP contribution in [-0.4, -0.2) is 34.5 Å². The minimum absolute atomic E-state index is 0.0715. The highest BCUT2D eigenvalue weighted by Crippen LogP contribution is 2.34. The highest BCUT2D eigenvalue weighted by Gasteiger charge is 2.29. The summed E-state index contributed by atoms with van der Waals surface area (Å²) in [6, 6.07) is 20.8. The van der Waals surface area contributed by atoms with Gasteiger partial charge in [0.05, 0.1) is 17.7 Å². The molecule has 0 aliphatic rings. The predicted octanol–water partition coefficient (Wildman–Crippen LogP) is 4.21. The molecule has 0 fully saturated rings. The number of methoxy groups -OCH3 is 1. The van der Waals surface area contributed by atoms with Crippen LogP contribution in [0.4, 0.5) is 5.69 Å². The number of hydrogen-bond donors (Lipinski definition) is 1. The number of halogens is 1. The molecular formula is C24H25ClN2O4S. The van der Waals surface area contributed by atoms with E-state index in [1.54, 1.807) is 24.3 Å². The van der Waals surface area contributed by atoms with Crippen LogP contribution in [0.5, 0.6) is 5.75 Å². The molecule has 8 heteroatoms. The number of nitrogens with one attached hydrogen (secondary N) is 1. The second kappa shape index (κ2) is 10.5. The predicted molar refractivity (Wildman–Crippen MR) is 127 cm³/mol. The van der Waals surface area contributed by atoms with E-state index in [-0.39, 0.29) is 10.6 Å². The summed E-state index contributed by atoms with van der Waals surface area (Å²) in [5.74, 6) is -0.138. The Morgan fingerprint density at radius 2 is 1.72 bits per heavy atom. The molecule has 168 valence electrons. The van der Waals surface area contributed by atoms with E-state index < -0.39 is 22.5 Å². The van der Waals surface area contributed by atoms with Crippen LogP contribution in [0.15, 0.2) is 77.7 Å². The van der Waals surface area contributed by atoms with E-state index in [0.717, 1.165) is 15.4 Å². The number of ether oxygens (including phenoxy) is 1. The molecule has 3 aromatic rings. The lowest BCUT2D eigenvalue weighted by atomic mass is 10.1. The Hall–Kier alpha value is -3.03. The molecule has 0 aliphatic heterocycles. The van der Waals surface area contributed by atoms with E-state index in [9.17, 15) is 13.2 Å². The summed E-state index contributed by atoms with van der Waals surface area (Å²) >= 11 is 6.15. The smallest absolute Gasteiger partial charge is 0.264 e. The topological polar surface area (TPSA) is 75.7 Å². The van der Waals surface area contributed by atoms with Crippen molar-refractivity contribution in [3.8, 4) is 5.75 Å². The van der Waals surface area contributed by atoms with Crippen LogP contribution in [0.3, 0.4) is 0 Å². The number of aryl methyl sites for hydroxylation is 1. The SMILES string of the molecule is COc1ccc(Cl)cc1N(CC(=O)NCCc1ccccc1)S(=O)(=O)c1ccc(C)cc1. The average Bonchev–Trinajstić information content (AvgIpc) is 2.78. The van der Waals surface area contributed by atoms with Crippen molar-refractivity contribution < 1.29 is 17.9 Å². The van der Waals surface area contributed by atoms with Gasteiger partial charge >= 0.3 is 0 Å². The molecule has 1 N–H and O–H groups in total. The van der Waals surface area contributed by atoms with Crippen LogP contribution in [-0.2, 0) is 21.2 Å². The minimum atomic E-state index is -4.06. The van der Waals surface area contributed by atoms with E-state index in [2.05, 4.69) is 5.32 Å². The summed E-state index contributed by atoms with van der Waals surface area (Å²) in [7, 11) is -2.62. The summed E-state index contributed by atoms with van der Waals surface area (Å²) in [4.78, 5) is 12.8. The van der Waals surface area contributed by atoms with Gasteiger partial charge in [-0.1, -0.05) is 59.6 Å². The fourth-order valence-electron chi connectivity index (χ4n) is 3.17. The van der Waals surface area contributed by atoms with Crippen LogP contribution >= 0.6 is 11.6 Å². The van der Waals surface area contributed by atoms with Crippen molar-refractivity contribution in [2.75, 3.05) is 24.5 Å². The van der Waals surface area contributed by atoms with Gasteiger partial charge in [0.1, 0.15) is 12.3 Å². The molecule has 0 unspecified atom stereocenters. The van der Waals surface area contributed by atoms with E-state index in [1.807, 2.05) is 37.3 Å². The zero-order valence-corrected chi connectivity index (χ0v) is 19.5. The quantitative estimate of drug-likeness (QED) is 0.506. The van der Waals surface area contributed by atoms with Gasteiger partial charge in [0.25, 0.3) is 10.0 Å². The normalized spacial score (nSPS) is 11.1. The zero-order chi connectivity index (χ0) is 23.1. The minimum Gasteiger partial charge on any atom is -0.495 e. The number of anilines is 1. The number of amides is 1. The standard InChI is InChI=1S/C24H25ClN2O4S/c1-18-8-11-21(12-9-18)32(29,30)27(22-16-20(25)10-13-23(22)31-2)17-24(28)26-15-14-19-6-4-3-5-7-19/h3-13,16H,14-15,17H2,1-2H3,(H,26,28). The third-order valence-corrected chi connectivity index (χ3v) is 6.89. The van der Waals surface area contributed by atoms with Gasteiger partial charge in [0.2, 0.25) is 5.91 Å². The molecule has 0 spiro atoms. The maximum Gasteiger partial charge on any atom is 0.264 e. The molecule has 0 saturated carbocycles. The van der Waals surface area contributed by atoms with Crippen molar-refractivity contribution in [1.82, 2.24) is 5.32 Å². The number of sulfonamides is 1. The monoisotopic (exact) mass is 472 g/mol. The number of rotatable bonds is 9. The zero-order valence-electron chi connectivity index (χ0n) is 17.9. The second-order valence-corrected chi connectivity index (χ2v) is 9.53. The average molecular weight is 473 g/mol. The van der Waals surface area contributed by atoms with E-state index in [4.69, 9.17) is 16.3 Å². The lowest BCUT2D eigenvalue weighted by Gasteiger charge is -2.26. The highest BCUT2D eigenvalue weighted by molar-refractivity contribution is 7.92. The van der Waals surface area contributed by atoms with Crippen LogP contribution in [0.25, 0.3) is 0 Å². The van der Waals surface area contributed by atoms with Crippen molar-refractivity contribution in [3.05, 3.63) is 88.9 Å². The van der Waals surface area contributed by atoms with Crippen molar-refractivity contribution in [2.24, 2.45) is 0 Å². The van der Waals surface area contributed by atoms with Crippen LogP contribution in [0, 0.1) is 6.92 Å². The maximum absolute atomic E-state index is 13.5. The van der Waals surface area contributed by atoms with Gasteiger partial charge in [0, 0.05) is 11.6 Å². The summed E-state index contributed by atoms with van der Waals surface area (Å²) in [5, 5.41) is 3.13. The second-order valence-electron chi connectivity index (χ2n) is 7.23. The Bertz CT molecular complexity index is 1170. The molecule has 0 radical (unpaired) electrons. The van der Waals surface area contributed by atoms with Crippen molar-refractivity contribution in [1.29, 1.82) is 0 Å². The number of carbonyl (C=O) groups is 1. The van der Waals surface area contributed by atoms with E-state index in [1.165, 1.54) is 25.3 Å². The first kappa shape index (κ1) is 23.6. The molecule has 0 aromatic heterocycles. The molecule has 6 nitrogen and oxygen atoms in total.